The Bertz CT molecular complexity index is 887. The Morgan fingerprint density at radius 1 is 1.08 bits per heavy atom. The van der Waals surface area contributed by atoms with Crippen molar-refractivity contribution in [3.05, 3.63) is 82.3 Å². The lowest BCUT2D eigenvalue weighted by molar-refractivity contribution is 0.624. The largest absolute Gasteiger partial charge is 0.383 e. The van der Waals surface area contributed by atoms with Crippen molar-refractivity contribution in [1.29, 1.82) is 5.26 Å². The molecule has 0 spiro atoms. The molecule has 4 nitrogen and oxygen atoms in total. The molecule has 3 rings (SSSR count). The Morgan fingerprint density at radius 3 is 2.33 bits per heavy atom. The van der Waals surface area contributed by atoms with Crippen molar-refractivity contribution in [2.75, 3.05) is 5.73 Å². The number of halogens is 1. The lowest BCUT2D eigenvalue weighted by Gasteiger charge is -2.04. The van der Waals surface area contributed by atoms with E-state index in [1.807, 2.05) is 31.2 Å². The molecule has 1 heterocycles. The lowest BCUT2D eigenvalue weighted by atomic mass is 10.1. The lowest BCUT2D eigenvalue weighted by Crippen LogP contribution is -2.06. The Balaban J connectivity index is 1.89. The average molecular weight is 320 g/mol. The van der Waals surface area contributed by atoms with Gasteiger partial charge in [-0.05, 0) is 30.2 Å². The van der Waals surface area contributed by atoms with Crippen LogP contribution in [-0.4, -0.2) is 9.78 Å². The first-order valence-electron chi connectivity index (χ1n) is 7.62. The molecule has 0 saturated carbocycles. The maximum atomic E-state index is 13.0. The number of nitrogen functional groups attached to an aromatic ring is 1. The summed E-state index contributed by atoms with van der Waals surface area (Å²) in [5.41, 5.74) is 10.3. The summed E-state index contributed by atoms with van der Waals surface area (Å²) in [4.78, 5) is 0. The van der Waals surface area contributed by atoms with Crippen molar-refractivity contribution in [1.82, 2.24) is 9.78 Å². The van der Waals surface area contributed by atoms with Crippen LogP contribution in [0.1, 0.15) is 27.9 Å². The molecule has 0 atom stereocenters. The highest BCUT2D eigenvalue weighted by Crippen LogP contribution is 2.20. The third kappa shape index (κ3) is 3.28. The summed E-state index contributed by atoms with van der Waals surface area (Å²) in [6.07, 6.45) is 0.545. The molecule has 0 amide bonds. The van der Waals surface area contributed by atoms with Gasteiger partial charge in [0.25, 0.3) is 0 Å². The first-order chi connectivity index (χ1) is 11.6. The molecule has 1 aromatic heterocycles. The maximum absolute atomic E-state index is 13.0. The summed E-state index contributed by atoms with van der Waals surface area (Å²) < 4.78 is 14.6. The van der Waals surface area contributed by atoms with E-state index in [0.717, 1.165) is 11.1 Å². The molecule has 0 saturated heterocycles. The molecule has 0 aliphatic heterocycles. The van der Waals surface area contributed by atoms with Crippen LogP contribution in [0, 0.1) is 24.1 Å². The van der Waals surface area contributed by atoms with Gasteiger partial charge in [-0.15, -0.1) is 0 Å². The molecule has 0 aliphatic carbocycles. The standard InChI is InChI=1S/C19H17FN4/c1-13-2-4-14(5-3-13)10-18-17(11-21)19(22)24(23-18)12-15-6-8-16(20)9-7-15/h2-9H,10,12,22H2,1H3. The second kappa shape index (κ2) is 6.55. The van der Waals surface area contributed by atoms with Gasteiger partial charge in [0.15, 0.2) is 0 Å². The molecule has 24 heavy (non-hydrogen) atoms. The first kappa shape index (κ1) is 15.8. The molecule has 0 aliphatic rings. The minimum Gasteiger partial charge on any atom is -0.383 e. The van der Waals surface area contributed by atoms with Crippen molar-refractivity contribution in [3.63, 3.8) is 0 Å². The number of aryl methyl sites for hydroxylation is 1. The first-order valence-corrected chi connectivity index (χ1v) is 7.62. The minimum absolute atomic E-state index is 0.287. The van der Waals surface area contributed by atoms with Crippen LogP contribution in [0.3, 0.4) is 0 Å². The minimum atomic E-state index is -0.287. The van der Waals surface area contributed by atoms with E-state index in [9.17, 15) is 9.65 Å². The van der Waals surface area contributed by atoms with Gasteiger partial charge < -0.3 is 5.73 Å². The fourth-order valence-corrected chi connectivity index (χ4v) is 2.55. The van der Waals surface area contributed by atoms with Crippen molar-refractivity contribution in [2.45, 2.75) is 19.9 Å². The second-order valence-corrected chi connectivity index (χ2v) is 5.77. The van der Waals surface area contributed by atoms with E-state index in [1.54, 1.807) is 16.8 Å². The van der Waals surface area contributed by atoms with Crippen LogP contribution in [0.2, 0.25) is 0 Å². The molecule has 120 valence electrons. The summed E-state index contributed by atoms with van der Waals surface area (Å²) in [6, 6.07) is 16.4. The molecule has 0 bridgehead atoms. The SMILES string of the molecule is Cc1ccc(Cc2nn(Cc3ccc(F)cc3)c(N)c2C#N)cc1. The van der Waals surface area contributed by atoms with Crippen molar-refractivity contribution >= 4 is 5.82 Å². The Labute approximate surface area is 140 Å². The highest BCUT2D eigenvalue weighted by atomic mass is 19.1. The van der Waals surface area contributed by atoms with Crippen molar-refractivity contribution < 1.29 is 4.39 Å². The number of nitriles is 1. The highest BCUT2D eigenvalue weighted by Gasteiger charge is 2.16. The summed E-state index contributed by atoms with van der Waals surface area (Å²) in [5, 5.41) is 13.9. The average Bonchev–Trinajstić information content (AvgIpc) is 2.86. The fourth-order valence-electron chi connectivity index (χ4n) is 2.55. The van der Waals surface area contributed by atoms with Crippen LogP contribution >= 0.6 is 0 Å². The topological polar surface area (TPSA) is 67.6 Å². The molecular formula is C19H17FN4. The maximum Gasteiger partial charge on any atom is 0.140 e. The van der Waals surface area contributed by atoms with Gasteiger partial charge in [0.2, 0.25) is 0 Å². The van der Waals surface area contributed by atoms with E-state index in [1.165, 1.54) is 17.7 Å². The number of aromatic nitrogens is 2. The Kier molecular flexibility index (Phi) is 4.30. The van der Waals surface area contributed by atoms with Gasteiger partial charge in [0.05, 0.1) is 12.2 Å². The monoisotopic (exact) mass is 320 g/mol. The van der Waals surface area contributed by atoms with Gasteiger partial charge in [0, 0.05) is 6.42 Å². The van der Waals surface area contributed by atoms with E-state index < -0.39 is 0 Å². The van der Waals surface area contributed by atoms with E-state index in [4.69, 9.17) is 5.73 Å². The van der Waals surface area contributed by atoms with Gasteiger partial charge in [0.1, 0.15) is 23.3 Å². The molecule has 3 aromatic rings. The van der Waals surface area contributed by atoms with Gasteiger partial charge in [-0.25, -0.2) is 9.07 Å². The molecule has 0 radical (unpaired) electrons. The predicted octanol–water partition coefficient (Wildman–Crippen LogP) is 3.42. The predicted molar refractivity (Wildman–Crippen MR) is 90.8 cm³/mol. The normalized spacial score (nSPS) is 10.5. The molecule has 2 N–H and O–H groups in total. The third-order valence-electron chi connectivity index (χ3n) is 3.91. The number of nitrogens with zero attached hydrogens (tertiary/aromatic N) is 3. The fraction of sp³-hybridized carbons (Fsp3) is 0.158. The number of nitrogens with two attached hydrogens (primary N) is 1. The molecule has 5 heteroatoms. The number of benzene rings is 2. The third-order valence-corrected chi connectivity index (χ3v) is 3.91. The smallest absolute Gasteiger partial charge is 0.140 e. The van der Waals surface area contributed by atoms with E-state index in [-0.39, 0.29) is 5.82 Å². The summed E-state index contributed by atoms with van der Waals surface area (Å²) >= 11 is 0. The van der Waals surface area contributed by atoms with Crippen LogP contribution in [0.5, 0.6) is 0 Å². The summed E-state index contributed by atoms with van der Waals surface area (Å²) in [6.45, 7) is 2.43. The van der Waals surface area contributed by atoms with Crippen LogP contribution in [-0.2, 0) is 13.0 Å². The van der Waals surface area contributed by atoms with Crippen LogP contribution in [0.25, 0.3) is 0 Å². The molecule has 0 fully saturated rings. The molecule has 2 aromatic carbocycles. The zero-order valence-corrected chi connectivity index (χ0v) is 13.3. The Hall–Kier alpha value is -3.13. The zero-order chi connectivity index (χ0) is 17.1. The number of anilines is 1. The van der Waals surface area contributed by atoms with E-state index in [0.29, 0.717) is 30.0 Å². The Morgan fingerprint density at radius 2 is 1.71 bits per heavy atom. The van der Waals surface area contributed by atoms with Crippen LogP contribution in [0.4, 0.5) is 10.2 Å². The van der Waals surface area contributed by atoms with Gasteiger partial charge in [-0.2, -0.15) is 10.4 Å². The van der Waals surface area contributed by atoms with E-state index in [2.05, 4.69) is 11.2 Å². The van der Waals surface area contributed by atoms with Crippen molar-refractivity contribution in [2.24, 2.45) is 0 Å². The highest BCUT2D eigenvalue weighted by molar-refractivity contribution is 5.53. The number of rotatable bonds is 4. The zero-order valence-electron chi connectivity index (χ0n) is 13.3. The number of hydrogen-bond donors (Lipinski definition) is 1. The van der Waals surface area contributed by atoms with Crippen molar-refractivity contribution in [3.8, 4) is 6.07 Å². The number of hydrogen-bond acceptors (Lipinski definition) is 3. The van der Waals surface area contributed by atoms with E-state index >= 15 is 0 Å². The van der Waals surface area contributed by atoms with Gasteiger partial charge >= 0.3 is 0 Å². The quantitative estimate of drug-likeness (QED) is 0.801. The molecule has 0 unspecified atom stereocenters. The van der Waals surface area contributed by atoms with Crippen LogP contribution in [0.15, 0.2) is 48.5 Å². The van der Waals surface area contributed by atoms with Gasteiger partial charge in [-0.1, -0.05) is 42.0 Å². The van der Waals surface area contributed by atoms with Gasteiger partial charge in [-0.3, -0.25) is 0 Å². The second-order valence-electron chi connectivity index (χ2n) is 5.77. The summed E-state index contributed by atoms with van der Waals surface area (Å²) in [7, 11) is 0. The summed E-state index contributed by atoms with van der Waals surface area (Å²) in [5.74, 6) is 0.0499. The van der Waals surface area contributed by atoms with Crippen LogP contribution < -0.4 is 5.73 Å². The molecular weight excluding hydrogens is 303 g/mol.